The first-order valence-electron chi connectivity index (χ1n) is 7.75. The van der Waals surface area contributed by atoms with Crippen LogP contribution in [0.2, 0.25) is 0 Å². The maximum absolute atomic E-state index is 12.3. The van der Waals surface area contributed by atoms with Crippen molar-refractivity contribution in [3.05, 3.63) is 29.1 Å². The molecule has 25 heavy (non-hydrogen) atoms. The molecule has 0 aromatic carbocycles. The third-order valence-electron chi connectivity index (χ3n) is 4.18. The van der Waals surface area contributed by atoms with Gasteiger partial charge >= 0.3 is 5.97 Å². The lowest BCUT2D eigenvalue weighted by atomic mass is 9.97. The Balaban J connectivity index is 1.61. The number of carbonyl (C=O) groups excluding carboxylic acids is 3. The molecule has 1 aromatic rings. The van der Waals surface area contributed by atoms with E-state index in [1.165, 1.54) is 17.2 Å². The molecule has 3 amide bonds. The van der Waals surface area contributed by atoms with Crippen LogP contribution < -0.4 is 0 Å². The van der Waals surface area contributed by atoms with Gasteiger partial charge in [-0.15, -0.1) is 0 Å². The molecule has 9 heteroatoms. The van der Waals surface area contributed by atoms with E-state index < -0.39 is 23.0 Å². The summed E-state index contributed by atoms with van der Waals surface area (Å²) in [6.07, 6.45) is 3.68. The Kier molecular flexibility index (Phi) is 4.93. The van der Waals surface area contributed by atoms with E-state index in [0.29, 0.717) is 31.7 Å². The SMILES string of the molecule is O=C(O)C1CCN(C(=O)CN2C(=O)SC(=Cc3ccco3)C2=O)CC1. The summed E-state index contributed by atoms with van der Waals surface area (Å²) in [6, 6.07) is 3.33. The van der Waals surface area contributed by atoms with Crippen LogP contribution in [0.5, 0.6) is 0 Å². The third-order valence-corrected chi connectivity index (χ3v) is 5.09. The number of amides is 3. The minimum absolute atomic E-state index is 0.206. The highest BCUT2D eigenvalue weighted by molar-refractivity contribution is 8.18. The molecule has 0 unspecified atom stereocenters. The Labute approximate surface area is 147 Å². The largest absolute Gasteiger partial charge is 0.481 e. The molecule has 2 fully saturated rings. The number of thioether (sulfide) groups is 1. The topological polar surface area (TPSA) is 108 Å². The van der Waals surface area contributed by atoms with E-state index in [-0.39, 0.29) is 17.4 Å². The molecule has 8 nitrogen and oxygen atoms in total. The molecule has 0 radical (unpaired) electrons. The number of piperidine rings is 1. The van der Waals surface area contributed by atoms with Gasteiger partial charge in [-0.2, -0.15) is 0 Å². The van der Waals surface area contributed by atoms with Gasteiger partial charge in [0.05, 0.1) is 17.1 Å². The van der Waals surface area contributed by atoms with Crippen molar-refractivity contribution in [2.45, 2.75) is 12.8 Å². The highest BCUT2D eigenvalue weighted by Crippen LogP contribution is 2.32. The molecular formula is C16H16N2O6S. The van der Waals surface area contributed by atoms with Gasteiger partial charge in [0.15, 0.2) is 0 Å². The van der Waals surface area contributed by atoms with Crippen LogP contribution in [-0.2, 0) is 14.4 Å². The first-order valence-corrected chi connectivity index (χ1v) is 8.57. The summed E-state index contributed by atoms with van der Waals surface area (Å²) in [6.45, 7) is 0.292. The number of hydrogen-bond acceptors (Lipinski definition) is 6. The number of imide groups is 1. The fourth-order valence-corrected chi connectivity index (χ4v) is 3.57. The van der Waals surface area contributed by atoms with Crippen LogP contribution >= 0.6 is 11.8 Å². The monoisotopic (exact) mass is 364 g/mol. The normalized spacial score (nSPS) is 20.6. The molecule has 1 N–H and O–H groups in total. The van der Waals surface area contributed by atoms with Gasteiger partial charge in [-0.1, -0.05) is 0 Å². The molecular weight excluding hydrogens is 348 g/mol. The van der Waals surface area contributed by atoms with Crippen molar-refractivity contribution in [2.24, 2.45) is 5.92 Å². The van der Waals surface area contributed by atoms with Gasteiger partial charge in [0.1, 0.15) is 12.3 Å². The van der Waals surface area contributed by atoms with Crippen LogP contribution in [0.25, 0.3) is 6.08 Å². The molecule has 2 aliphatic heterocycles. The van der Waals surface area contributed by atoms with Gasteiger partial charge in [-0.3, -0.25) is 24.1 Å². The summed E-state index contributed by atoms with van der Waals surface area (Å²) in [5.41, 5.74) is 0. The second kappa shape index (κ2) is 7.14. The van der Waals surface area contributed by atoms with Crippen LogP contribution in [-0.4, -0.2) is 57.6 Å². The lowest BCUT2D eigenvalue weighted by molar-refractivity contribution is -0.146. The van der Waals surface area contributed by atoms with Gasteiger partial charge in [0.2, 0.25) is 5.91 Å². The van der Waals surface area contributed by atoms with Crippen LogP contribution in [0.1, 0.15) is 18.6 Å². The van der Waals surface area contributed by atoms with E-state index in [2.05, 4.69) is 0 Å². The molecule has 0 bridgehead atoms. The van der Waals surface area contributed by atoms with Crippen LogP contribution in [0.3, 0.4) is 0 Å². The quantitative estimate of drug-likeness (QED) is 0.809. The first-order chi connectivity index (χ1) is 12.0. The minimum atomic E-state index is -0.860. The van der Waals surface area contributed by atoms with E-state index in [1.54, 1.807) is 12.1 Å². The van der Waals surface area contributed by atoms with E-state index in [9.17, 15) is 19.2 Å². The zero-order valence-corrected chi connectivity index (χ0v) is 14.0. The summed E-state index contributed by atoms with van der Waals surface area (Å²) in [4.78, 5) is 50.2. The first kappa shape index (κ1) is 17.3. The molecule has 0 saturated carbocycles. The number of hydrogen-bond donors (Lipinski definition) is 1. The summed E-state index contributed by atoms with van der Waals surface area (Å²) in [7, 11) is 0. The van der Waals surface area contributed by atoms with Crippen molar-refractivity contribution in [3.8, 4) is 0 Å². The molecule has 2 saturated heterocycles. The number of rotatable bonds is 4. The van der Waals surface area contributed by atoms with Crippen LogP contribution in [0, 0.1) is 5.92 Å². The average molecular weight is 364 g/mol. The number of carboxylic acid groups (broad SMARTS) is 1. The molecule has 0 spiro atoms. The Hall–Kier alpha value is -2.55. The third kappa shape index (κ3) is 3.76. The lowest BCUT2D eigenvalue weighted by Crippen LogP contribution is -2.46. The smallest absolute Gasteiger partial charge is 0.306 e. The van der Waals surface area contributed by atoms with Crippen LogP contribution in [0.15, 0.2) is 27.7 Å². The van der Waals surface area contributed by atoms with E-state index in [4.69, 9.17) is 9.52 Å². The van der Waals surface area contributed by atoms with Crippen molar-refractivity contribution in [1.82, 2.24) is 9.80 Å². The summed E-state index contributed by atoms with van der Waals surface area (Å²) in [5, 5.41) is 8.48. The highest BCUT2D eigenvalue weighted by Gasteiger charge is 2.38. The Morgan fingerprint density at radius 2 is 2.04 bits per heavy atom. The second-order valence-corrected chi connectivity index (χ2v) is 6.77. The van der Waals surface area contributed by atoms with Crippen molar-refractivity contribution >= 4 is 40.9 Å². The molecule has 0 atom stereocenters. The molecule has 2 aliphatic rings. The standard InChI is InChI=1S/C16H16N2O6S/c19-13(17-5-3-10(4-6-17)15(21)22)9-18-14(20)12(25-16(18)23)8-11-2-1-7-24-11/h1-2,7-8,10H,3-6,9H2,(H,21,22). The number of aliphatic carboxylic acids is 1. The maximum atomic E-state index is 12.3. The predicted octanol–water partition coefficient (Wildman–Crippen LogP) is 1.64. The van der Waals surface area contributed by atoms with Crippen molar-refractivity contribution in [1.29, 1.82) is 0 Å². The Bertz CT molecular complexity index is 734. The fourth-order valence-electron chi connectivity index (χ4n) is 2.75. The summed E-state index contributed by atoms with van der Waals surface area (Å²) in [5.74, 6) is -1.74. The fraction of sp³-hybridized carbons (Fsp3) is 0.375. The average Bonchev–Trinajstić information content (AvgIpc) is 3.19. The van der Waals surface area contributed by atoms with Gasteiger partial charge in [0, 0.05) is 19.2 Å². The van der Waals surface area contributed by atoms with Gasteiger partial charge in [-0.25, -0.2) is 0 Å². The maximum Gasteiger partial charge on any atom is 0.306 e. The van der Waals surface area contributed by atoms with E-state index in [1.807, 2.05) is 0 Å². The van der Waals surface area contributed by atoms with Gasteiger partial charge in [0.25, 0.3) is 11.1 Å². The summed E-state index contributed by atoms with van der Waals surface area (Å²) < 4.78 is 5.12. The molecule has 132 valence electrons. The number of carbonyl (C=O) groups is 4. The number of carboxylic acids is 1. The van der Waals surface area contributed by atoms with Gasteiger partial charge < -0.3 is 14.4 Å². The zero-order valence-electron chi connectivity index (χ0n) is 13.2. The lowest BCUT2D eigenvalue weighted by Gasteiger charge is -2.30. The Morgan fingerprint density at radius 1 is 1.32 bits per heavy atom. The molecule has 0 aliphatic carbocycles. The number of nitrogens with zero attached hydrogens (tertiary/aromatic N) is 2. The highest BCUT2D eigenvalue weighted by atomic mass is 32.2. The van der Waals surface area contributed by atoms with Crippen molar-refractivity contribution in [3.63, 3.8) is 0 Å². The van der Waals surface area contributed by atoms with Gasteiger partial charge in [-0.05, 0) is 36.7 Å². The Morgan fingerprint density at radius 3 is 2.64 bits per heavy atom. The minimum Gasteiger partial charge on any atom is -0.481 e. The van der Waals surface area contributed by atoms with Crippen LogP contribution in [0.4, 0.5) is 4.79 Å². The van der Waals surface area contributed by atoms with Crippen molar-refractivity contribution in [2.75, 3.05) is 19.6 Å². The van der Waals surface area contributed by atoms with E-state index >= 15 is 0 Å². The van der Waals surface area contributed by atoms with E-state index in [0.717, 1.165) is 16.7 Å². The number of furan rings is 1. The number of likely N-dealkylation sites (tertiary alicyclic amines) is 1. The zero-order chi connectivity index (χ0) is 18.0. The molecule has 3 rings (SSSR count). The molecule has 3 heterocycles. The summed E-state index contributed by atoms with van der Waals surface area (Å²) >= 11 is 0.763. The second-order valence-electron chi connectivity index (χ2n) is 5.78. The van der Waals surface area contributed by atoms with Crippen molar-refractivity contribution < 1.29 is 28.7 Å². The molecule has 1 aromatic heterocycles. The predicted molar refractivity (Wildman–Crippen MR) is 88.3 cm³/mol.